The molecular formula is C22H31NO2. The highest BCUT2D eigenvalue weighted by molar-refractivity contribution is 5.99. The molecule has 0 heterocycles. The predicted molar refractivity (Wildman–Crippen MR) is 107 cm³/mol. The molecule has 2 aromatic carbocycles. The number of ketones is 1. The first-order valence-corrected chi connectivity index (χ1v) is 9.18. The quantitative estimate of drug-likeness (QED) is 0.516. The molecule has 3 heteroatoms. The molecule has 0 spiro atoms. The van der Waals surface area contributed by atoms with Gasteiger partial charge in [0, 0.05) is 25.0 Å². The number of carbonyl (C=O) groups excluding carboxylic acids is 1. The summed E-state index contributed by atoms with van der Waals surface area (Å²) in [6.07, 6.45) is 0.838. The van der Waals surface area contributed by atoms with Crippen molar-refractivity contribution in [2.75, 3.05) is 19.7 Å². The molecule has 136 valence electrons. The van der Waals surface area contributed by atoms with Crippen LogP contribution in [0, 0.1) is 5.92 Å². The van der Waals surface area contributed by atoms with Crippen LogP contribution in [-0.4, -0.2) is 25.5 Å². The van der Waals surface area contributed by atoms with Crippen LogP contribution in [0.15, 0.2) is 42.5 Å². The Labute approximate surface area is 152 Å². The number of likely N-dealkylation sites (N-methyl/N-ethyl adjacent to an activating group) is 1. The summed E-state index contributed by atoms with van der Waals surface area (Å²) >= 11 is 0. The molecule has 0 atom stereocenters. The lowest BCUT2D eigenvalue weighted by Gasteiger charge is -2.15. The summed E-state index contributed by atoms with van der Waals surface area (Å²) in [5.74, 6) is 1.10. The van der Waals surface area contributed by atoms with Crippen LogP contribution in [0.1, 0.15) is 45.0 Å². The third-order valence-electron chi connectivity index (χ3n) is 4.26. The van der Waals surface area contributed by atoms with Crippen molar-refractivity contribution in [2.24, 2.45) is 5.92 Å². The number of nitrogens with one attached hydrogen (secondary N) is 1. The highest BCUT2D eigenvalue weighted by atomic mass is 16.5. The maximum atomic E-state index is 12.4. The average Bonchev–Trinajstić information content (AvgIpc) is 2.64. The summed E-state index contributed by atoms with van der Waals surface area (Å²) in [4.78, 5) is 12.4. The molecule has 0 saturated heterocycles. The summed E-state index contributed by atoms with van der Waals surface area (Å²) in [6, 6.07) is 14.2. The zero-order chi connectivity index (χ0) is 18.2. The van der Waals surface area contributed by atoms with Crippen molar-refractivity contribution in [1.29, 1.82) is 0 Å². The third kappa shape index (κ3) is 4.93. The Morgan fingerprint density at radius 3 is 2.60 bits per heavy atom. The second-order valence-corrected chi connectivity index (χ2v) is 6.44. The molecule has 25 heavy (non-hydrogen) atoms. The minimum atomic E-state index is 0. The predicted octanol–water partition coefficient (Wildman–Crippen LogP) is 4.99. The molecule has 0 aliphatic rings. The standard InChI is InChI=1S/C22H29NO2.H2/c1-5-17-15-18(11-12-20(17)22(24)16(3)4)19-9-7-8-10-21(19)25-14-13-23-6-2;/h7-12,15-16,23H,5-6,13-14H2,1-4H3;1H. The highest BCUT2D eigenvalue weighted by Gasteiger charge is 2.15. The number of ether oxygens (including phenoxy) is 1. The monoisotopic (exact) mass is 341 g/mol. The van der Waals surface area contributed by atoms with Crippen LogP contribution in [0.2, 0.25) is 0 Å². The van der Waals surface area contributed by atoms with Gasteiger partial charge in [-0.1, -0.05) is 64.1 Å². The lowest BCUT2D eigenvalue weighted by molar-refractivity contribution is 0.0938. The van der Waals surface area contributed by atoms with Crippen molar-refractivity contribution in [3.05, 3.63) is 53.6 Å². The van der Waals surface area contributed by atoms with Crippen molar-refractivity contribution in [3.8, 4) is 16.9 Å². The number of benzene rings is 2. The van der Waals surface area contributed by atoms with Gasteiger partial charge >= 0.3 is 0 Å². The van der Waals surface area contributed by atoms with Crippen molar-refractivity contribution in [2.45, 2.75) is 34.1 Å². The van der Waals surface area contributed by atoms with Gasteiger partial charge in [0.15, 0.2) is 5.78 Å². The third-order valence-corrected chi connectivity index (χ3v) is 4.26. The van der Waals surface area contributed by atoms with Crippen LogP contribution < -0.4 is 10.1 Å². The summed E-state index contributed by atoms with van der Waals surface area (Å²) < 4.78 is 5.95. The Balaban J connectivity index is 0.00000338. The van der Waals surface area contributed by atoms with Crippen LogP contribution >= 0.6 is 0 Å². The fourth-order valence-electron chi connectivity index (χ4n) is 2.85. The number of para-hydroxylation sites is 1. The molecule has 0 unspecified atom stereocenters. The van der Waals surface area contributed by atoms with Gasteiger partial charge in [-0.05, 0) is 30.2 Å². The van der Waals surface area contributed by atoms with Gasteiger partial charge in [0.1, 0.15) is 12.4 Å². The van der Waals surface area contributed by atoms with Gasteiger partial charge in [-0.3, -0.25) is 4.79 Å². The second kappa shape index (κ2) is 9.38. The van der Waals surface area contributed by atoms with Crippen molar-refractivity contribution < 1.29 is 11.0 Å². The van der Waals surface area contributed by atoms with Gasteiger partial charge in [-0.2, -0.15) is 0 Å². The molecule has 2 aromatic rings. The maximum Gasteiger partial charge on any atom is 0.165 e. The summed E-state index contributed by atoms with van der Waals surface area (Å²) in [6.45, 7) is 10.5. The first kappa shape index (κ1) is 19.2. The van der Waals surface area contributed by atoms with E-state index in [2.05, 4.69) is 31.3 Å². The van der Waals surface area contributed by atoms with E-state index >= 15 is 0 Å². The number of carbonyl (C=O) groups is 1. The molecule has 0 radical (unpaired) electrons. The van der Waals surface area contributed by atoms with Crippen molar-refractivity contribution >= 4 is 5.78 Å². The minimum absolute atomic E-state index is 0. The SMILES string of the molecule is CCNCCOc1ccccc1-c1ccc(C(=O)C(C)C)c(CC)c1.[HH]. The molecule has 0 aromatic heterocycles. The Kier molecular flexibility index (Phi) is 7.20. The van der Waals surface area contributed by atoms with E-state index in [0.717, 1.165) is 47.5 Å². The summed E-state index contributed by atoms with van der Waals surface area (Å²) in [5.41, 5.74) is 4.10. The molecule has 3 nitrogen and oxygen atoms in total. The van der Waals surface area contributed by atoms with E-state index in [0.29, 0.717) is 6.61 Å². The first-order chi connectivity index (χ1) is 12.1. The normalized spacial score (nSPS) is 10.9. The zero-order valence-electron chi connectivity index (χ0n) is 15.8. The van der Waals surface area contributed by atoms with Gasteiger partial charge in [-0.25, -0.2) is 0 Å². The van der Waals surface area contributed by atoms with Gasteiger partial charge in [0.2, 0.25) is 0 Å². The fraction of sp³-hybridized carbons (Fsp3) is 0.409. The highest BCUT2D eigenvalue weighted by Crippen LogP contribution is 2.31. The Morgan fingerprint density at radius 2 is 1.92 bits per heavy atom. The molecule has 0 bridgehead atoms. The average molecular weight is 341 g/mol. The van der Waals surface area contributed by atoms with E-state index in [4.69, 9.17) is 4.74 Å². The number of aryl methyl sites for hydroxylation is 1. The molecule has 0 aliphatic heterocycles. The zero-order valence-corrected chi connectivity index (χ0v) is 15.8. The summed E-state index contributed by atoms with van der Waals surface area (Å²) in [7, 11) is 0. The first-order valence-electron chi connectivity index (χ1n) is 9.18. The van der Waals surface area contributed by atoms with Gasteiger partial charge in [-0.15, -0.1) is 0 Å². The number of hydrogen-bond donors (Lipinski definition) is 1. The van der Waals surface area contributed by atoms with Crippen LogP contribution in [-0.2, 0) is 6.42 Å². The van der Waals surface area contributed by atoms with E-state index in [-0.39, 0.29) is 13.1 Å². The van der Waals surface area contributed by atoms with E-state index < -0.39 is 0 Å². The van der Waals surface area contributed by atoms with E-state index in [1.807, 2.05) is 44.2 Å². The number of hydrogen-bond acceptors (Lipinski definition) is 3. The van der Waals surface area contributed by atoms with Crippen molar-refractivity contribution in [3.63, 3.8) is 0 Å². The Hall–Kier alpha value is -2.13. The Morgan fingerprint density at radius 1 is 1.16 bits per heavy atom. The molecular weight excluding hydrogens is 310 g/mol. The fourth-order valence-corrected chi connectivity index (χ4v) is 2.85. The number of Topliss-reactive ketones (excluding diaryl/α,β-unsaturated/α-hetero) is 1. The molecule has 2 rings (SSSR count). The molecule has 0 saturated carbocycles. The number of rotatable bonds is 9. The molecule has 0 fully saturated rings. The largest absolute Gasteiger partial charge is 0.492 e. The van der Waals surface area contributed by atoms with Crippen LogP contribution in [0.25, 0.3) is 11.1 Å². The molecule has 0 amide bonds. The van der Waals surface area contributed by atoms with E-state index in [1.54, 1.807) is 0 Å². The van der Waals surface area contributed by atoms with Crippen LogP contribution in [0.3, 0.4) is 0 Å². The molecule has 0 aliphatic carbocycles. The lowest BCUT2D eigenvalue weighted by atomic mass is 9.92. The van der Waals surface area contributed by atoms with Crippen LogP contribution in [0.5, 0.6) is 5.75 Å². The van der Waals surface area contributed by atoms with Gasteiger partial charge < -0.3 is 10.1 Å². The van der Waals surface area contributed by atoms with E-state index in [1.165, 1.54) is 0 Å². The van der Waals surface area contributed by atoms with E-state index in [9.17, 15) is 4.79 Å². The Bertz CT molecular complexity index is 713. The van der Waals surface area contributed by atoms with Crippen LogP contribution in [0.4, 0.5) is 0 Å². The smallest absolute Gasteiger partial charge is 0.165 e. The second-order valence-electron chi connectivity index (χ2n) is 6.44. The molecule has 1 N–H and O–H groups in total. The summed E-state index contributed by atoms with van der Waals surface area (Å²) in [5, 5.41) is 3.26. The minimum Gasteiger partial charge on any atom is -0.492 e. The lowest BCUT2D eigenvalue weighted by Crippen LogP contribution is -2.20. The maximum absolute atomic E-state index is 12.4. The topological polar surface area (TPSA) is 38.3 Å². The van der Waals surface area contributed by atoms with Gasteiger partial charge in [0.25, 0.3) is 0 Å². The van der Waals surface area contributed by atoms with Crippen molar-refractivity contribution in [1.82, 2.24) is 5.32 Å². The van der Waals surface area contributed by atoms with Gasteiger partial charge in [0.05, 0.1) is 0 Å².